The first-order valence-corrected chi connectivity index (χ1v) is 7.16. The van der Waals surface area contributed by atoms with Crippen molar-refractivity contribution in [1.29, 1.82) is 0 Å². The van der Waals surface area contributed by atoms with Crippen LogP contribution >= 0.6 is 0 Å². The van der Waals surface area contributed by atoms with Gasteiger partial charge in [-0.05, 0) is 43.2 Å². The molecule has 4 heteroatoms. The van der Waals surface area contributed by atoms with Crippen molar-refractivity contribution in [3.05, 3.63) is 76.6 Å². The summed E-state index contributed by atoms with van der Waals surface area (Å²) in [5.41, 5.74) is 3.14. The molecule has 3 nitrogen and oxygen atoms in total. The van der Waals surface area contributed by atoms with Gasteiger partial charge in [0.25, 0.3) is 0 Å². The third kappa shape index (κ3) is 4.88. The number of aryl methyl sites for hydroxylation is 2. The number of esters is 1. The topological polar surface area (TPSA) is 43.4 Å². The number of hydrogen-bond acceptors (Lipinski definition) is 3. The van der Waals surface area contributed by atoms with Crippen molar-refractivity contribution in [1.82, 2.24) is 0 Å². The van der Waals surface area contributed by atoms with Crippen LogP contribution in [0.5, 0.6) is 0 Å². The molecule has 2 aromatic carbocycles. The van der Waals surface area contributed by atoms with Gasteiger partial charge in [-0.1, -0.05) is 35.9 Å². The fraction of sp³-hybridized carbons (Fsp3) is 0.158. The number of ketones is 1. The summed E-state index contributed by atoms with van der Waals surface area (Å²) < 4.78 is 17.7. The second kappa shape index (κ2) is 7.49. The number of hydrogen-bond donors (Lipinski definition) is 0. The molecule has 0 bridgehead atoms. The van der Waals surface area contributed by atoms with Gasteiger partial charge in [0.15, 0.2) is 6.61 Å². The Bertz CT molecular complexity index is 746. The van der Waals surface area contributed by atoms with E-state index < -0.39 is 5.97 Å². The molecule has 2 rings (SSSR count). The van der Waals surface area contributed by atoms with Crippen molar-refractivity contribution in [3.8, 4) is 0 Å². The third-order valence-electron chi connectivity index (χ3n) is 3.31. The number of ether oxygens (including phenoxy) is 1. The number of rotatable bonds is 5. The molecule has 0 heterocycles. The molecule has 118 valence electrons. The first-order valence-electron chi connectivity index (χ1n) is 7.16. The Morgan fingerprint density at radius 1 is 1.09 bits per heavy atom. The lowest BCUT2D eigenvalue weighted by molar-refractivity contribution is -0.136. The maximum atomic E-state index is 12.8. The maximum Gasteiger partial charge on any atom is 0.331 e. The summed E-state index contributed by atoms with van der Waals surface area (Å²) >= 11 is 0. The lowest BCUT2D eigenvalue weighted by Crippen LogP contribution is -2.13. The van der Waals surface area contributed by atoms with Crippen molar-refractivity contribution < 1.29 is 18.7 Å². The van der Waals surface area contributed by atoms with Gasteiger partial charge in [0, 0.05) is 11.6 Å². The Morgan fingerprint density at radius 3 is 2.43 bits per heavy atom. The molecule has 0 atom stereocenters. The summed E-state index contributed by atoms with van der Waals surface area (Å²) in [6.45, 7) is 3.48. The fourth-order valence-electron chi connectivity index (χ4n) is 2.13. The second-order valence-corrected chi connectivity index (χ2v) is 5.23. The SMILES string of the molecule is Cc1ccc(C(=O)COC(=O)/C=C/c2ccc(F)cc2)c(C)c1. The van der Waals surface area contributed by atoms with Gasteiger partial charge >= 0.3 is 5.97 Å². The van der Waals surface area contributed by atoms with Crippen molar-refractivity contribution in [3.63, 3.8) is 0 Å². The van der Waals surface area contributed by atoms with Gasteiger partial charge in [0.05, 0.1) is 0 Å². The average Bonchev–Trinajstić information content (AvgIpc) is 2.52. The smallest absolute Gasteiger partial charge is 0.331 e. The van der Waals surface area contributed by atoms with Gasteiger partial charge in [-0.15, -0.1) is 0 Å². The molecule has 0 radical (unpaired) electrons. The molecule has 0 amide bonds. The van der Waals surface area contributed by atoms with E-state index in [-0.39, 0.29) is 18.2 Å². The number of halogens is 1. The van der Waals surface area contributed by atoms with Crippen LogP contribution in [0.15, 0.2) is 48.5 Å². The van der Waals surface area contributed by atoms with Gasteiger partial charge in [-0.25, -0.2) is 9.18 Å². The van der Waals surface area contributed by atoms with E-state index in [0.29, 0.717) is 11.1 Å². The standard InChI is InChI=1S/C19H17FO3/c1-13-3-9-17(14(2)11-13)18(21)12-23-19(22)10-6-15-4-7-16(20)8-5-15/h3-11H,12H2,1-2H3/b10-6+. The number of carbonyl (C=O) groups is 2. The lowest BCUT2D eigenvalue weighted by Gasteiger charge is -2.06. The maximum absolute atomic E-state index is 12.8. The molecule has 0 fully saturated rings. The summed E-state index contributed by atoms with van der Waals surface area (Å²) in [5, 5.41) is 0. The fourth-order valence-corrected chi connectivity index (χ4v) is 2.13. The van der Waals surface area contributed by atoms with Crippen LogP contribution in [0.4, 0.5) is 4.39 Å². The zero-order valence-corrected chi connectivity index (χ0v) is 13.0. The Hall–Kier alpha value is -2.75. The van der Waals surface area contributed by atoms with Crippen molar-refractivity contribution >= 4 is 17.8 Å². The van der Waals surface area contributed by atoms with Gasteiger partial charge in [0.2, 0.25) is 5.78 Å². The van der Waals surface area contributed by atoms with Crippen LogP contribution in [0.3, 0.4) is 0 Å². The van der Waals surface area contributed by atoms with E-state index in [2.05, 4.69) is 0 Å². The van der Waals surface area contributed by atoms with Crippen molar-refractivity contribution in [2.45, 2.75) is 13.8 Å². The highest BCUT2D eigenvalue weighted by Crippen LogP contribution is 2.11. The molecular formula is C19H17FO3. The van der Waals surface area contributed by atoms with Crippen LogP contribution in [-0.4, -0.2) is 18.4 Å². The summed E-state index contributed by atoms with van der Waals surface area (Å²) in [5.74, 6) is -1.21. The molecule has 0 aliphatic rings. The molecule has 0 saturated heterocycles. The zero-order valence-electron chi connectivity index (χ0n) is 13.0. The van der Waals surface area contributed by atoms with Crippen molar-refractivity contribution in [2.75, 3.05) is 6.61 Å². The van der Waals surface area contributed by atoms with Gasteiger partial charge in [-0.2, -0.15) is 0 Å². The van der Waals surface area contributed by atoms with E-state index in [1.54, 1.807) is 18.2 Å². The number of benzene rings is 2. The summed E-state index contributed by atoms with van der Waals surface area (Å²) in [6, 6.07) is 11.2. The van der Waals surface area contributed by atoms with Crippen LogP contribution < -0.4 is 0 Å². The first kappa shape index (κ1) is 16.6. The Labute approximate surface area is 134 Å². The molecule has 0 aliphatic carbocycles. The van der Waals surface area contributed by atoms with Gasteiger partial charge < -0.3 is 4.74 Å². The molecule has 0 aromatic heterocycles. The minimum atomic E-state index is -0.618. The van der Waals surface area contributed by atoms with E-state index in [1.807, 2.05) is 26.0 Å². The van der Waals surface area contributed by atoms with Gasteiger partial charge in [-0.3, -0.25) is 4.79 Å². The zero-order chi connectivity index (χ0) is 16.8. The summed E-state index contributed by atoms with van der Waals surface area (Å²) in [4.78, 5) is 23.7. The minimum Gasteiger partial charge on any atom is -0.454 e. The van der Waals surface area contributed by atoms with Crippen molar-refractivity contribution in [2.24, 2.45) is 0 Å². The van der Waals surface area contributed by atoms with Crippen LogP contribution in [0.2, 0.25) is 0 Å². The third-order valence-corrected chi connectivity index (χ3v) is 3.31. The molecule has 0 spiro atoms. The highest BCUT2D eigenvalue weighted by atomic mass is 19.1. The highest BCUT2D eigenvalue weighted by molar-refractivity contribution is 6.00. The summed E-state index contributed by atoms with van der Waals surface area (Å²) in [6.07, 6.45) is 2.71. The van der Waals surface area contributed by atoms with E-state index in [9.17, 15) is 14.0 Å². The van der Waals surface area contributed by atoms with E-state index in [1.165, 1.54) is 24.3 Å². The van der Waals surface area contributed by atoms with Crippen LogP contribution in [0.25, 0.3) is 6.08 Å². The predicted molar refractivity (Wildman–Crippen MR) is 86.6 cm³/mol. The van der Waals surface area contributed by atoms with Crippen LogP contribution in [0.1, 0.15) is 27.0 Å². The molecule has 0 aliphatic heterocycles. The van der Waals surface area contributed by atoms with E-state index >= 15 is 0 Å². The number of carbonyl (C=O) groups excluding carboxylic acids is 2. The van der Waals surface area contributed by atoms with Crippen LogP contribution in [-0.2, 0) is 9.53 Å². The molecule has 2 aromatic rings. The quantitative estimate of drug-likeness (QED) is 0.478. The molecule has 0 unspecified atom stereocenters. The second-order valence-electron chi connectivity index (χ2n) is 5.23. The average molecular weight is 312 g/mol. The summed E-state index contributed by atoms with van der Waals surface area (Å²) in [7, 11) is 0. The Balaban J connectivity index is 1.91. The predicted octanol–water partition coefficient (Wildman–Crippen LogP) is 3.88. The van der Waals surface area contributed by atoms with Crippen LogP contribution in [0, 0.1) is 19.7 Å². The minimum absolute atomic E-state index is 0.244. The normalized spacial score (nSPS) is 10.7. The number of Topliss-reactive ketones (excluding diaryl/α,β-unsaturated/α-hetero) is 1. The molecule has 0 saturated carbocycles. The molecule has 23 heavy (non-hydrogen) atoms. The lowest BCUT2D eigenvalue weighted by atomic mass is 10.0. The molecule has 0 N–H and O–H groups in total. The van der Waals surface area contributed by atoms with E-state index in [4.69, 9.17) is 4.74 Å². The highest BCUT2D eigenvalue weighted by Gasteiger charge is 2.11. The first-order chi connectivity index (χ1) is 11.0. The Morgan fingerprint density at radius 2 is 1.78 bits per heavy atom. The molecular weight excluding hydrogens is 295 g/mol. The Kier molecular flexibility index (Phi) is 5.41. The van der Waals surface area contributed by atoms with E-state index in [0.717, 1.165) is 11.1 Å². The largest absolute Gasteiger partial charge is 0.454 e. The monoisotopic (exact) mass is 312 g/mol. The van der Waals surface area contributed by atoms with Gasteiger partial charge in [0.1, 0.15) is 5.82 Å².